The molecule has 1 aromatic carbocycles. The van der Waals surface area contributed by atoms with Crippen molar-refractivity contribution in [3.05, 3.63) is 53.1 Å². The van der Waals surface area contributed by atoms with Gasteiger partial charge in [0.15, 0.2) is 0 Å². The van der Waals surface area contributed by atoms with E-state index < -0.39 is 18.6 Å². The van der Waals surface area contributed by atoms with Crippen molar-refractivity contribution in [2.75, 3.05) is 12.2 Å². The highest BCUT2D eigenvalue weighted by atomic mass is 35.5. The molecule has 0 fully saturated rings. The molecular formula is C13H9ClF2N2O2. The number of rotatable bonds is 4. The molecular weight excluding hydrogens is 290 g/mol. The highest BCUT2D eigenvalue weighted by Gasteiger charge is 2.13. The van der Waals surface area contributed by atoms with Crippen LogP contribution in [-0.4, -0.2) is 17.8 Å². The number of halogens is 3. The first-order valence-electron chi connectivity index (χ1n) is 5.51. The van der Waals surface area contributed by atoms with Crippen LogP contribution in [0.5, 0.6) is 5.75 Å². The fourth-order valence-electron chi connectivity index (χ4n) is 1.45. The molecule has 1 amide bonds. The first-order chi connectivity index (χ1) is 9.60. The Labute approximate surface area is 118 Å². The maximum absolute atomic E-state index is 12.7. The van der Waals surface area contributed by atoms with Crippen molar-refractivity contribution in [3.63, 3.8) is 0 Å². The van der Waals surface area contributed by atoms with Crippen LogP contribution in [0.25, 0.3) is 0 Å². The Morgan fingerprint density at radius 3 is 2.65 bits per heavy atom. The van der Waals surface area contributed by atoms with E-state index in [2.05, 4.69) is 15.0 Å². The summed E-state index contributed by atoms with van der Waals surface area (Å²) in [4.78, 5) is 15.7. The lowest BCUT2D eigenvalue weighted by molar-refractivity contribution is 0.102. The number of nitrogens with one attached hydrogen (secondary N) is 1. The maximum Gasteiger partial charge on any atom is 0.275 e. The second-order valence-electron chi connectivity index (χ2n) is 3.72. The van der Waals surface area contributed by atoms with Crippen molar-refractivity contribution in [1.29, 1.82) is 0 Å². The van der Waals surface area contributed by atoms with Crippen molar-refractivity contribution in [1.82, 2.24) is 4.98 Å². The number of nitrogens with zero attached hydrogens (tertiary/aromatic N) is 1. The van der Waals surface area contributed by atoms with E-state index in [0.717, 1.165) is 0 Å². The lowest BCUT2D eigenvalue weighted by Crippen LogP contribution is -2.14. The molecule has 0 aliphatic heterocycles. The molecule has 104 valence electrons. The highest BCUT2D eigenvalue weighted by molar-refractivity contribution is 6.34. The van der Waals surface area contributed by atoms with Crippen LogP contribution in [0.15, 0.2) is 36.5 Å². The molecule has 1 heterocycles. The number of alkyl halides is 1. The zero-order chi connectivity index (χ0) is 14.5. The van der Waals surface area contributed by atoms with Gasteiger partial charge in [0, 0.05) is 11.8 Å². The predicted molar refractivity (Wildman–Crippen MR) is 70.2 cm³/mol. The number of carbonyl (C=O) groups excluding carboxylic acids is 1. The summed E-state index contributed by atoms with van der Waals surface area (Å²) in [5, 5.41) is 2.53. The molecule has 0 atom stereocenters. The Kier molecular flexibility index (Phi) is 4.47. The van der Waals surface area contributed by atoms with Crippen LogP contribution >= 0.6 is 11.6 Å². The third-order valence-corrected chi connectivity index (χ3v) is 2.64. The molecule has 0 unspecified atom stereocenters. The second kappa shape index (κ2) is 6.29. The summed E-state index contributed by atoms with van der Waals surface area (Å²) in [5.41, 5.74) is 0.362. The SMILES string of the molecule is O=C(Nc1ccc(F)cc1)c1ncc(OCF)cc1Cl. The van der Waals surface area contributed by atoms with Gasteiger partial charge in [-0.05, 0) is 24.3 Å². The van der Waals surface area contributed by atoms with Gasteiger partial charge >= 0.3 is 0 Å². The van der Waals surface area contributed by atoms with Crippen molar-refractivity contribution in [2.24, 2.45) is 0 Å². The van der Waals surface area contributed by atoms with Crippen LogP contribution < -0.4 is 10.1 Å². The van der Waals surface area contributed by atoms with E-state index in [1.54, 1.807) is 0 Å². The maximum atomic E-state index is 12.7. The van der Waals surface area contributed by atoms with Gasteiger partial charge in [0.05, 0.1) is 11.2 Å². The van der Waals surface area contributed by atoms with Gasteiger partial charge in [-0.15, -0.1) is 0 Å². The van der Waals surface area contributed by atoms with E-state index in [1.165, 1.54) is 36.5 Å². The molecule has 2 aromatic rings. The summed E-state index contributed by atoms with van der Waals surface area (Å²) in [6.07, 6.45) is 1.19. The number of amides is 1. The first-order valence-corrected chi connectivity index (χ1v) is 5.89. The van der Waals surface area contributed by atoms with E-state index in [1.807, 2.05) is 0 Å². The number of ether oxygens (including phenoxy) is 1. The molecule has 0 radical (unpaired) electrons. The molecule has 2 rings (SSSR count). The Balaban J connectivity index is 2.14. The predicted octanol–water partition coefficient (Wildman–Crippen LogP) is 3.43. The molecule has 0 saturated carbocycles. The van der Waals surface area contributed by atoms with E-state index >= 15 is 0 Å². The smallest absolute Gasteiger partial charge is 0.275 e. The average molecular weight is 299 g/mol. The quantitative estimate of drug-likeness (QED) is 0.941. The number of hydrogen-bond donors (Lipinski definition) is 1. The second-order valence-corrected chi connectivity index (χ2v) is 4.12. The fraction of sp³-hybridized carbons (Fsp3) is 0.0769. The lowest BCUT2D eigenvalue weighted by atomic mass is 10.3. The van der Waals surface area contributed by atoms with E-state index in [4.69, 9.17) is 11.6 Å². The van der Waals surface area contributed by atoms with Crippen molar-refractivity contribution >= 4 is 23.2 Å². The molecule has 0 saturated heterocycles. The van der Waals surface area contributed by atoms with Gasteiger partial charge in [0.2, 0.25) is 6.86 Å². The fourth-order valence-corrected chi connectivity index (χ4v) is 1.70. The van der Waals surface area contributed by atoms with E-state index in [9.17, 15) is 13.6 Å². The molecule has 1 aromatic heterocycles. The summed E-state index contributed by atoms with van der Waals surface area (Å²) in [7, 11) is 0. The molecule has 0 spiro atoms. The Morgan fingerprint density at radius 2 is 2.05 bits per heavy atom. The number of pyridine rings is 1. The summed E-state index contributed by atoms with van der Waals surface area (Å²) >= 11 is 5.87. The highest BCUT2D eigenvalue weighted by Crippen LogP contribution is 2.21. The van der Waals surface area contributed by atoms with Gasteiger partial charge < -0.3 is 10.1 Å². The standard InChI is InChI=1S/C13H9ClF2N2O2/c14-11-5-10(20-7-15)6-17-12(11)13(19)18-9-3-1-8(16)2-4-9/h1-6H,7H2,(H,18,19). The number of aromatic nitrogens is 1. The van der Waals surface area contributed by atoms with Crippen molar-refractivity contribution in [3.8, 4) is 5.75 Å². The van der Waals surface area contributed by atoms with Gasteiger partial charge in [0.25, 0.3) is 5.91 Å². The van der Waals surface area contributed by atoms with Crippen LogP contribution in [0.4, 0.5) is 14.5 Å². The topological polar surface area (TPSA) is 51.2 Å². The van der Waals surface area contributed by atoms with Crippen LogP contribution in [-0.2, 0) is 0 Å². The van der Waals surface area contributed by atoms with Gasteiger partial charge in [-0.25, -0.2) is 13.8 Å². The molecule has 20 heavy (non-hydrogen) atoms. The van der Waals surface area contributed by atoms with Gasteiger partial charge in [-0.3, -0.25) is 4.79 Å². The lowest BCUT2D eigenvalue weighted by Gasteiger charge is -2.07. The third-order valence-electron chi connectivity index (χ3n) is 2.35. The third kappa shape index (κ3) is 3.42. The molecule has 0 bridgehead atoms. The molecule has 1 N–H and O–H groups in total. The van der Waals surface area contributed by atoms with E-state index in [-0.39, 0.29) is 16.5 Å². The van der Waals surface area contributed by atoms with Crippen LogP contribution in [0.2, 0.25) is 5.02 Å². The number of carbonyl (C=O) groups is 1. The number of anilines is 1. The summed E-state index contributed by atoms with van der Waals surface area (Å²) in [5.74, 6) is -0.851. The van der Waals surface area contributed by atoms with Crippen LogP contribution in [0.3, 0.4) is 0 Å². The monoisotopic (exact) mass is 298 g/mol. The summed E-state index contributed by atoms with van der Waals surface area (Å²) in [6, 6.07) is 6.52. The average Bonchev–Trinajstić information content (AvgIpc) is 2.42. The molecule has 0 aliphatic rings. The van der Waals surface area contributed by atoms with E-state index in [0.29, 0.717) is 5.69 Å². The Hall–Kier alpha value is -2.21. The van der Waals surface area contributed by atoms with Crippen molar-refractivity contribution < 1.29 is 18.3 Å². The Morgan fingerprint density at radius 1 is 1.35 bits per heavy atom. The molecule has 0 aliphatic carbocycles. The zero-order valence-corrected chi connectivity index (χ0v) is 10.8. The normalized spacial score (nSPS) is 10.2. The summed E-state index contributed by atoms with van der Waals surface area (Å²) < 4.78 is 29.3. The minimum Gasteiger partial charge on any atom is -0.461 e. The number of benzene rings is 1. The van der Waals surface area contributed by atoms with Gasteiger partial charge in [0.1, 0.15) is 17.3 Å². The number of hydrogen-bond acceptors (Lipinski definition) is 3. The first kappa shape index (κ1) is 14.2. The summed E-state index contributed by atoms with van der Waals surface area (Å²) in [6.45, 7) is -1.01. The van der Waals surface area contributed by atoms with Crippen molar-refractivity contribution in [2.45, 2.75) is 0 Å². The molecule has 7 heteroatoms. The van der Waals surface area contributed by atoms with Crippen LogP contribution in [0.1, 0.15) is 10.5 Å². The van der Waals surface area contributed by atoms with Crippen LogP contribution in [0, 0.1) is 5.82 Å². The largest absolute Gasteiger partial charge is 0.461 e. The van der Waals surface area contributed by atoms with Gasteiger partial charge in [-0.2, -0.15) is 0 Å². The minimum atomic E-state index is -1.01. The van der Waals surface area contributed by atoms with Gasteiger partial charge in [-0.1, -0.05) is 11.6 Å². The minimum absolute atomic E-state index is 0.0237. The zero-order valence-electron chi connectivity index (χ0n) is 10.1. The molecule has 4 nitrogen and oxygen atoms in total. The Bertz CT molecular complexity index is 620.